The molecule has 0 aromatic heterocycles. The van der Waals surface area contributed by atoms with E-state index in [1.807, 2.05) is 0 Å². The van der Waals surface area contributed by atoms with Gasteiger partial charge in [-0.3, -0.25) is 4.98 Å². The van der Waals surface area contributed by atoms with Crippen molar-refractivity contribution < 1.29 is 16.5 Å². The van der Waals surface area contributed by atoms with Crippen LogP contribution < -0.4 is 4.98 Å². The smallest absolute Gasteiger partial charge is 0.404 e. The maximum absolute atomic E-state index is 6.51. The van der Waals surface area contributed by atoms with Gasteiger partial charge in [0, 0.05) is 6.04 Å². The molecule has 2 aliphatic rings. The molecule has 1 saturated carbocycles. The van der Waals surface area contributed by atoms with Crippen LogP contribution >= 0.6 is 0 Å². The second-order valence-electron chi connectivity index (χ2n) is 7.68. The van der Waals surface area contributed by atoms with Crippen LogP contribution in [0.3, 0.4) is 0 Å². The molecule has 1 saturated heterocycles. The molecule has 0 unspecified atom stereocenters. The van der Waals surface area contributed by atoms with Crippen LogP contribution in [0.1, 0.15) is 25.7 Å². The van der Waals surface area contributed by atoms with Crippen LogP contribution in [0, 0.1) is 0 Å². The summed E-state index contributed by atoms with van der Waals surface area (Å²) in [5, 5.41) is 0. The molecule has 2 rings (SSSR count). The van der Waals surface area contributed by atoms with Crippen LogP contribution in [0.2, 0.25) is 45.8 Å². The van der Waals surface area contributed by atoms with Gasteiger partial charge in [0.25, 0.3) is 0 Å². The summed E-state index contributed by atoms with van der Waals surface area (Å²) in [6.45, 7) is 14.7. The fourth-order valence-corrected chi connectivity index (χ4v) is 24.3. The Morgan fingerprint density at radius 3 is 1.48 bits per heavy atom. The number of rotatable bonds is 2. The average Bonchev–Trinajstić information content (AvgIpc) is 2.59. The fraction of sp³-hybridized carbons (Fsp3) is 1.00. The van der Waals surface area contributed by atoms with Crippen LogP contribution in [0.4, 0.5) is 0 Å². The number of hydrogen-bond donors (Lipinski definition) is 1. The van der Waals surface area contributed by atoms with Gasteiger partial charge >= 0.3 is 34.4 Å². The first-order chi connectivity index (χ1) is 9.41. The van der Waals surface area contributed by atoms with Crippen molar-refractivity contribution >= 4 is 34.4 Å². The van der Waals surface area contributed by atoms with E-state index in [-0.39, 0.29) is 0 Å². The third-order valence-electron chi connectivity index (χ3n) is 3.69. The summed E-state index contributed by atoms with van der Waals surface area (Å²) in [4.78, 5) is 3.72. The second kappa shape index (κ2) is 5.95. The molecule has 1 N–H and O–H groups in total. The van der Waals surface area contributed by atoms with E-state index in [0.717, 1.165) is 0 Å². The summed E-state index contributed by atoms with van der Waals surface area (Å²) >= 11 is 0. The summed E-state index contributed by atoms with van der Waals surface area (Å²) in [5.41, 5.74) is 0. The molecule has 0 radical (unpaired) electrons. The zero-order valence-electron chi connectivity index (χ0n) is 14.5. The third-order valence-corrected chi connectivity index (χ3v) is 19.5. The fourth-order valence-electron chi connectivity index (χ4n) is 3.71. The summed E-state index contributed by atoms with van der Waals surface area (Å²) in [6.07, 6.45) is 5.05. The normalized spacial score (nSPS) is 31.6. The Kier molecular flexibility index (Phi) is 5.10. The van der Waals surface area contributed by atoms with Crippen molar-refractivity contribution in [3.63, 3.8) is 0 Å². The summed E-state index contributed by atoms with van der Waals surface area (Å²) in [6, 6.07) is 0.529. The first-order valence-corrected chi connectivity index (χ1v) is 18.8. The van der Waals surface area contributed by atoms with Crippen LogP contribution in [0.5, 0.6) is 0 Å². The van der Waals surface area contributed by atoms with Gasteiger partial charge in [-0.2, -0.15) is 0 Å². The van der Waals surface area contributed by atoms with Crippen molar-refractivity contribution in [1.29, 1.82) is 0 Å². The van der Waals surface area contributed by atoms with Crippen molar-refractivity contribution in [1.82, 2.24) is 4.98 Å². The zero-order valence-corrected chi connectivity index (χ0v) is 18.5. The standard InChI is InChI=1S/C12H31NO4Si4/c1-18(2)14-19(3,4)16-21(7,17-20(5,6)15-18)13-12-10-8-9-11-12/h12-13H,8-11H2,1-7H3. The quantitative estimate of drug-likeness (QED) is 0.761. The molecule has 1 heterocycles. The van der Waals surface area contributed by atoms with Gasteiger partial charge in [-0.1, -0.05) is 12.8 Å². The van der Waals surface area contributed by atoms with Crippen LogP contribution in [0.25, 0.3) is 0 Å². The summed E-state index contributed by atoms with van der Waals surface area (Å²) in [5.74, 6) is 0. The molecule has 1 aliphatic heterocycles. The minimum absolute atomic E-state index is 0.529. The summed E-state index contributed by atoms with van der Waals surface area (Å²) < 4.78 is 25.7. The molecular formula is C12H31NO4Si4. The molecule has 0 atom stereocenters. The van der Waals surface area contributed by atoms with Gasteiger partial charge in [0.1, 0.15) is 0 Å². The van der Waals surface area contributed by atoms with Gasteiger partial charge in [0.05, 0.1) is 0 Å². The first kappa shape index (κ1) is 18.0. The minimum Gasteiger partial charge on any atom is -0.416 e. The van der Waals surface area contributed by atoms with E-state index in [2.05, 4.69) is 50.8 Å². The van der Waals surface area contributed by atoms with Crippen molar-refractivity contribution in [2.45, 2.75) is 77.6 Å². The van der Waals surface area contributed by atoms with Crippen molar-refractivity contribution in [3.05, 3.63) is 0 Å². The van der Waals surface area contributed by atoms with Crippen LogP contribution in [-0.4, -0.2) is 40.4 Å². The third kappa shape index (κ3) is 5.36. The molecule has 124 valence electrons. The number of hydrogen-bond acceptors (Lipinski definition) is 5. The number of nitrogens with one attached hydrogen (secondary N) is 1. The molecule has 5 nitrogen and oxygen atoms in total. The van der Waals surface area contributed by atoms with Crippen LogP contribution in [0.15, 0.2) is 0 Å². The van der Waals surface area contributed by atoms with Gasteiger partial charge in [-0.25, -0.2) is 0 Å². The molecule has 0 aromatic rings. The molecule has 0 aromatic carbocycles. The van der Waals surface area contributed by atoms with Gasteiger partial charge in [-0.05, 0) is 58.7 Å². The highest BCUT2D eigenvalue weighted by molar-refractivity contribution is 6.92. The van der Waals surface area contributed by atoms with E-state index in [4.69, 9.17) is 16.5 Å². The predicted molar refractivity (Wildman–Crippen MR) is 93.8 cm³/mol. The van der Waals surface area contributed by atoms with E-state index in [9.17, 15) is 0 Å². The monoisotopic (exact) mass is 365 g/mol. The van der Waals surface area contributed by atoms with E-state index in [1.165, 1.54) is 25.7 Å². The lowest BCUT2D eigenvalue weighted by molar-refractivity contribution is 0.223. The van der Waals surface area contributed by atoms with Crippen LogP contribution in [-0.2, 0) is 16.5 Å². The van der Waals surface area contributed by atoms with Crippen molar-refractivity contribution in [2.24, 2.45) is 0 Å². The highest BCUT2D eigenvalue weighted by atomic mass is 28.5. The lowest BCUT2D eigenvalue weighted by atomic mass is 10.3. The SMILES string of the molecule is C[Si]1(C)O[Si](C)(C)O[Si](C)(NC2CCCC2)O[Si](C)(C)O1. The lowest BCUT2D eigenvalue weighted by Gasteiger charge is -2.47. The minimum atomic E-state index is -2.47. The highest BCUT2D eigenvalue weighted by Gasteiger charge is 2.53. The van der Waals surface area contributed by atoms with Gasteiger partial charge < -0.3 is 16.5 Å². The molecule has 2 fully saturated rings. The maximum Gasteiger partial charge on any atom is 0.404 e. The van der Waals surface area contributed by atoms with Gasteiger partial charge in [-0.15, -0.1) is 0 Å². The zero-order chi connectivity index (χ0) is 15.9. The lowest BCUT2D eigenvalue weighted by Crippen LogP contribution is -2.70. The largest absolute Gasteiger partial charge is 0.416 e. The Labute approximate surface area is 133 Å². The Morgan fingerprint density at radius 1 is 0.667 bits per heavy atom. The molecule has 0 amide bonds. The Bertz CT molecular complexity index is 363. The molecule has 9 heteroatoms. The van der Waals surface area contributed by atoms with Gasteiger partial charge in [0.15, 0.2) is 0 Å². The van der Waals surface area contributed by atoms with Crippen molar-refractivity contribution in [2.75, 3.05) is 0 Å². The van der Waals surface area contributed by atoms with E-state index >= 15 is 0 Å². The predicted octanol–water partition coefficient (Wildman–Crippen LogP) is 3.27. The molecular weight excluding hydrogens is 334 g/mol. The Hall–Kier alpha value is 0.668. The second-order valence-corrected chi connectivity index (χ2v) is 21.5. The average molecular weight is 366 g/mol. The molecule has 21 heavy (non-hydrogen) atoms. The van der Waals surface area contributed by atoms with E-state index in [1.54, 1.807) is 0 Å². The van der Waals surface area contributed by atoms with Gasteiger partial charge in [0.2, 0.25) is 0 Å². The topological polar surface area (TPSA) is 49.0 Å². The van der Waals surface area contributed by atoms with Crippen molar-refractivity contribution in [3.8, 4) is 0 Å². The van der Waals surface area contributed by atoms with E-state index in [0.29, 0.717) is 6.04 Å². The molecule has 0 spiro atoms. The Morgan fingerprint density at radius 2 is 1.05 bits per heavy atom. The first-order valence-electron chi connectivity index (χ1n) is 7.99. The molecule has 0 bridgehead atoms. The summed E-state index contributed by atoms with van der Waals surface area (Å²) in [7, 11) is -9.14. The highest BCUT2D eigenvalue weighted by Crippen LogP contribution is 2.31. The Balaban J connectivity index is 2.19. The molecule has 1 aliphatic carbocycles. The maximum atomic E-state index is 6.51. The van der Waals surface area contributed by atoms with E-state index < -0.39 is 34.4 Å².